The molecule has 1 aromatic carbocycles. The van der Waals surface area contributed by atoms with Crippen LogP contribution in [0.15, 0.2) is 22.7 Å². The van der Waals surface area contributed by atoms with Crippen LogP contribution in [-0.4, -0.2) is 31.6 Å². The van der Waals surface area contributed by atoms with Crippen LogP contribution in [0.3, 0.4) is 0 Å². The molecule has 1 aliphatic rings. The average Bonchev–Trinajstić information content (AvgIpc) is 2.31. The Bertz CT molecular complexity index is 370. The first-order valence-corrected chi connectivity index (χ1v) is 7.17. The first kappa shape index (κ1) is 13.1. The molecule has 2 N–H and O–H groups in total. The fourth-order valence-electron chi connectivity index (χ4n) is 2.54. The summed E-state index contributed by atoms with van der Waals surface area (Å²) in [5.74, 6) is 0.715. The maximum Gasteiger partial charge on any atom is 0.0212 e. The number of nitrogens with two attached hydrogens (primary N) is 1. The predicted molar refractivity (Wildman–Crippen MR) is 76.4 cm³/mol. The molecule has 0 amide bonds. The maximum atomic E-state index is 5.59. The lowest BCUT2D eigenvalue weighted by atomic mass is 9.89. The Hall–Kier alpha value is -0.380. The molecule has 1 saturated heterocycles. The number of benzene rings is 1. The van der Waals surface area contributed by atoms with Crippen LogP contribution < -0.4 is 5.73 Å². The van der Waals surface area contributed by atoms with Crippen LogP contribution in [0.1, 0.15) is 29.9 Å². The minimum atomic E-state index is 0.715. The minimum Gasteiger partial charge on any atom is -0.330 e. The van der Waals surface area contributed by atoms with Gasteiger partial charge < -0.3 is 10.6 Å². The van der Waals surface area contributed by atoms with Crippen molar-refractivity contribution in [2.24, 2.45) is 5.73 Å². The minimum absolute atomic E-state index is 0.715. The smallest absolute Gasteiger partial charge is 0.0212 e. The Morgan fingerprint density at radius 1 is 1.35 bits per heavy atom. The van der Waals surface area contributed by atoms with Crippen LogP contribution in [0.4, 0.5) is 0 Å². The standard InChI is InChI=1S/C14H21BrN2/c1-17-8-5-12(6-9-17)13-3-2-11(4-7-16)10-14(13)15/h2-3,10,12H,4-9,16H2,1H3. The van der Waals surface area contributed by atoms with Crippen LogP contribution in [0.2, 0.25) is 0 Å². The van der Waals surface area contributed by atoms with Crippen molar-refractivity contribution in [2.45, 2.75) is 25.2 Å². The highest BCUT2D eigenvalue weighted by atomic mass is 79.9. The van der Waals surface area contributed by atoms with Crippen molar-refractivity contribution in [1.82, 2.24) is 4.90 Å². The molecular weight excluding hydrogens is 276 g/mol. The summed E-state index contributed by atoms with van der Waals surface area (Å²) < 4.78 is 1.26. The van der Waals surface area contributed by atoms with E-state index in [2.05, 4.69) is 46.1 Å². The normalized spacial score (nSPS) is 18.5. The Morgan fingerprint density at radius 3 is 2.65 bits per heavy atom. The Kier molecular flexibility index (Phi) is 4.60. The van der Waals surface area contributed by atoms with E-state index in [1.165, 1.54) is 41.5 Å². The Balaban J connectivity index is 2.10. The highest BCUT2D eigenvalue weighted by Gasteiger charge is 2.20. The van der Waals surface area contributed by atoms with E-state index in [0.717, 1.165) is 13.0 Å². The van der Waals surface area contributed by atoms with Crippen LogP contribution in [0.5, 0.6) is 0 Å². The van der Waals surface area contributed by atoms with Crippen LogP contribution >= 0.6 is 15.9 Å². The van der Waals surface area contributed by atoms with Crippen molar-refractivity contribution < 1.29 is 0 Å². The SMILES string of the molecule is CN1CCC(c2ccc(CCN)cc2Br)CC1. The van der Waals surface area contributed by atoms with Crippen LogP contribution in [-0.2, 0) is 6.42 Å². The molecule has 94 valence electrons. The molecule has 17 heavy (non-hydrogen) atoms. The molecule has 0 aromatic heterocycles. The monoisotopic (exact) mass is 296 g/mol. The molecule has 2 nitrogen and oxygen atoms in total. The van der Waals surface area contributed by atoms with Gasteiger partial charge in [0.1, 0.15) is 0 Å². The maximum absolute atomic E-state index is 5.59. The van der Waals surface area contributed by atoms with Gasteiger partial charge in [-0.1, -0.05) is 28.1 Å². The summed E-state index contributed by atoms with van der Waals surface area (Å²) >= 11 is 3.71. The molecule has 2 rings (SSSR count). The quantitative estimate of drug-likeness (QED) is 0.929. The third kappa shape index (κ3) is 3.30. The molecule has 0 aliphatic carbocycles. The predicted octanol–water partition coefficient (Wildman–Crippen LogP) is 2.76. The van der Waals surface area contributed by atoms with Gasteiger partial charge >= 0.3 is 0 Å². The van der Waals surface area contributed by atoms with Crippen molar-refractivity contribution in [2.75, 3.05) is 26.7 Å². The number of hydrogen-bond donors (Lipinski definition) is 1. The summed E-state index contributed by atoms with van der Waals surface area (Å²) in [7, 11) is 2.20. The van der Waals surface area contributed by atoms with Gasteiger partial charge in [0, 0.05) is 4.47 Å². The first-order valence-electron chi connectivity index (χ1n) is 6.37. The lowest BCUT2D eigenvalue weighted by Crippen LogP contribution is -2.29. The molecule has 1 fully saturated rings. The molecule has 0 bridgehead atoms. The topological polar surface area (TPSA) is 29.3 Å². The lowest BCUT2D eigenvalue weighted by Gasteiger charge is -2.29. The van der Waals surface area contributed by atoms with Gasteiger partial charge in [0.05, 0.1) is 0 Å². The molecular formula is C14H21BrN2. The largest absolute Gasteiger partial charge is 0.330 e. The summed E-state index contributed by atoms with van der Waals surface area (Å²) in [5.41, 5.74) is 8.39. The van der Waals surface area contributed by atoms with Gasteiger partial charge in [-0.15, -0.1) is 0 Å². The van der Waals surface area contributed by atoms with Crippen molar-refractivity contribution >= 4 is 15.9 Å². The van der Waals surface area contributed by atoms with Crippen LogP contribution in [0, 0.1) is 0 Å². The van der Waals surface area contributed by atoms with Gasteiger partial charge in [-0.3, -0.25) is 0 Å². The number of halogens is 1. The molecule has 0 radical (unpaired) electrons. The number of hydrogen-bond acceptors (Lipinski definition) is 2. The van der Waals surface area contributed by atoms with Gasteiger partial charge in [0.2, 0.25) is 0 Å². The summed E-state index contributed by atoms with van der Waals surface area (Å²) in [5, 5.41) is 0. The highest BCUT2D eigenvalue weighted by Crippen LogP contribution is 2.33. The third-order valence-electron chi connectivity index (χ3n) is 3.66. The van der Waals surface area contributed by atoms with Crippen molar-refractivity contribution in [3.05, 3.63) is 33.8 Å². The first-order chi connectivity index (χ1) is 8.20. The van der Waals surface area contributed by atoms with Gasteiger partial charge in [0.15, 0.2) is 0 Å². The number of rotatable bonds is 3. The fourth-order valence-corrected chi connectivity index (χ4v) is 3.29. The second-order valence-electron chi connectivity index (χ2n) is 4.97. The third-order valence-corrected chi connectivity index (χ3v) is 4.34. The van der Waals surface area contributed by atoms with Gasteiger partial charge in [-0.2, -0.15) is 0 Å². The Morgan fingerprint density at radius 2 is 2.06 bits per heavy atom. The van der Waals surface area contributed by atoms with E-state index in [4.69, 9.17) is 5.73 Å². The summed E-state index contributed by atoms with van der Waals surface area (Å²) in [4.78, 5) is 2.41. The number of likely N-dealkylation sites (tertiary alicyclic amines) is 1. The van der Waals surface area contributed by atoms with Gasteiger partial charge in [-0.05, 0) is 69.1 Å². The van der Waals surface area contributed by atoms with Crippen molar-refractivity contribution in [3.63, 3.8) is 0 Å². The lowest BCUT2D eigenvalue weighted by molar-refractivity contribution is 0.255. The molecule has 3 heteroatoms. The van der Waals surface area contributed by atoms with Gasteiger partial charge in [0.25, 0.3) is 0 Å². The highest BCUT2D eigenvalue weighted by molar-refractivity contribution is 9.10. The van der Waals surface area contributed by atoms with E-state index >= 15 is 0 Å². The van der Waals surface area contributed by atoms with E-state index in [9.17, 15) is 0 Å². The molecule has 0 saturated carbocycles. The van der Waals surface area contributed by atoms with E-state index < -0.39 is 0 Å². The Labute approximate surface area is 112 Å². The van der Waals surface area contributed by atoms with E-state index in [-0.39, 0.29) is 0 Å². The molecule has 1 heterocycles. The van der Waals surface area contributed by atoms with Crippen molar-refractivity contribution in [1.29, 1.82) is 0 Å². The van der Waals surface area contributed by atoms with Crippen LogP contribution in [0.25, 0.3) is 0 Å². The van der Waals surface area contributed by atoms with E-state index in [1.54, 1.807) is 0 Å². The van der Waals surface area contributed by atoms with E-state index in [0.29, 0.717) is 5.92 Å². The zero-order chi connectivity index (χ0) is 12.3. The summed E-state index contributed by atoms with van der Waals surface area (Å²) in [6, 6.07) is 6.75. The number of piperidine rings is 1. The van der Waals surface area contributed by atoms with E-state index in [1.807, 2.05) is 0 Å². The molecule has 1 aliphatic heterocycles. The summed E-state index contributed by atoms with van der Waals surface area (Å²) in [6.07, 6.45) is 3.50. The zero-order valence-corrected chi connectivity index (χ0v) is 12.0. The average molecular weight is 297 g/mol. The van der Waals surface area contributed by atoms with Gasteiger partial charge in [-0.25, -0.2) is 0 Å². The fraction of sp³-hybridized carbons (Fsp3) is 0.571. The van der Waals surface area contributed by atoms with Crippen molar-refractivity contribution in [3.8, 4) is 0 Å². The molecule has 1 aromatic rings. The molecule has 0 unspecified atom stereocenters. The molecule has 0 atom stereocenters. The second kappa shape index (κ2) is 5.98. The second-order valence-corrected chi connectivity index (χ2v) is 5.83. The number of nitrogens with zero attached hydrogens (tertiary/aromatic N) is 1. The summed E-state index contributed by atoms with van der Waals surface area (Å²) in [6.45, 7) is 3.14. The molecule has 0 spiro atoms. The zero-order valence-electron chi connectivity index (χ0n) is 10.5.